The van der Waals surface area contributed by atoms with E-state index in [-0.39, 0.29) is 5.91 Å². The van der Waals surface area contributed by atoms with E-state index in [1.165, 1.54) is 38.5 Å². The highest BCUT2D eigenvalue weighted by molar-refractivity contribution is 5.84. The molecule has 0 spiro atoms. The molecule has 0 aromatic heterocycles. The molecule has 0 aliphatic rings. The van der Waals surface area contributed by atoms with E-state index in [1.54, 1.807) is 13.1 Å². The van der Waals surface area contributed by atoms with Crippen molar-refractivity contribution < 1.29 is 4.79 Å². The summed E-state index contributed by atoms with van der Waals surface area (Å²) in [7, 11) is 0. The zero-order chi connectivity index (χ0) is 10.6. The molecule has 82 valence electrons. The molecule has 14 heavy (non-hydrogen) atoms. The van der Waals surface area contributed by atoms with Gasteiger partial charge in [-0.2, -0.15) is 0 Å². The first-order valence-electron chi connectivity index (χ1n) is 5.82. The Labute approximate surface area is 87.8 Å². The molecule has 0 saturated carbocycles. The van der Waals surface area contributed by atoms with Crippen LogP contribution in [0.25, 0.3) is 0 Å². The number of carbonyl (C=O) groups is 1. The van der Waals surface area contributed by atoms with Crippen LogP contribution in [0.4, 0.5) is 0 Å². The van der Waals surface area contributed by atoms with Crippen molar-refractivity contribution in [3.8, 4) is 0 Å². The van der Waals surface area contributed by atoms with Gasteiger partial charge < -0.3 is 0 Å². The summed E-state index contributed by atoms with van der Waals surface area (Å²) in [4.78, 5) is 14.7. The minimum Gasteiger partial charge on any atom is -0.273 e. The largest absolute Gasteiger partial charge is 0.273 e. The molecule has 0 bridgehead atoms. The van der Waals surface area contributed by atoms with Gasteiger partial charge in [-0.15, -0.1) is 0 Å². The zero-order valence-corrected chi connectivity index (χ0v) is 9.59. The van der Waals surface area contributed by atoms with Gasteiger partial charge >= 0.3 is 0 Å². The number of hydrogen-bond acceptors (Lipinski definition) is 1. The van der Waals surface area contributed by atoms with Gasteiger partial charge in [0.1, 0.15) is 0 Å². The normalized spacial score (nSPS) is 11.0. The van der Waals surface area contributed by atoms with Gasteiger partial charge in [0.05, 0.1) is 0 Å². The second kappa shape index (κ2) is 10.4. The Bertz CT molecular complexity index is 164. The molecule has 0 aromatic rings. The molecule has 0 atom stereocenters. The van der Waals surface area contributed by atoms with Gasteiger partial charge in [-0.1, -0.05) is 45.4 Å². The van der Waals surface area contributed by atoms with Crippen LogP contribution in [0.3, 0.4) is 0 Å². The summed E-state index contributed by atoms with van der Waals surface area (Å²) in [5.74, 6) is 0.0288. The lowest BCUT2D eigenvalue weighted by Gasteiger charge is -1.99. The van der Waals surface area contributed by atoms with E-state index in [1.807, 2.05) is 0 Å². The van der Waals surface area contributed by atoms with Crippen molar-refractivity contribution in [1.82, 2.24) is 0 Å². The van der Waals surface area contributed by atoms with Gasteiger partial charge in [-0.3, -0.25) is 4.79 Å². The summed E-state index contributed by atoms with van der Waals surface area (Å²) >= 11 is 0. The lowest BCUT2D eigenvalue weighted by molar-refractivity contribution is -0.117. The van der Waals surface area contributed by atoms with Crippen molar-refractivity contribution in [3.63, 3.8) is 0 Å². The number of carbonyl (C=O) groups excluding carboxylic acids is 1. The minimum atomic E-state index is 0.0288. The Kier molecular flexibility index (Phi) is 9.93. The second-order valence-electron chi connectivity index (χ2n) is 3.65. The van der Waals surface area contributed by atoms with Crippen LogP contribution >= 0.6 is 0 Å². The number of amides is 1. The van der Waals surface area contributed by atoms with E-state index < -0.39 is 0 Å². The maximum Gasteiger partial charge on any atom is 0.245 e. The summed E-state index contributed by atoms with van der Waals surface area (Å²) in [5.41, 5.74) is 0. The van der Waals surface area contributed by atoms with E-state index in [2.05, 4.69) is 11.9 Å². The average molecular weight is 197 g/mol. The van der Waals surface area contributed by atoms with Crippen LogP contribution < -0.4 is 0 Å². The summed E-state index contributed by atoms with van der Waals surface area (Å²) < 4.78 is 0. The van der Waals surface area contributed by atoms with Gasteiger partial charge in [-0.25, -0.2) is 4.99 Å². The third-order valence-electron chi connectivity index (χ3n) is 2.27. The van der Waals surface area contributed by atoms with Crippen molar-refractivity contribution in [3.05, 3.63) is 0 Å². The van der Waals surface area contributed by atoms with E-state index in [0.29, 0.717) is 6.42 Å². The van der Waals surface area contributed by atoms with Crippen molar-refractivity contribution in [2.75, 3.05) is 0 Å². The minimum absolute atomic E-state index is 0.0288. The van der Waals surface area contributed by atoms with E-state index in [4.69, 9.17) is 0 Å². The average Bonchev–Trinajstić information content (AvgIpc) is 2.17. The lowest BCUT2D eigenvalue weighted by Crippen LogP contribution is -1.92. The maximum absolute atomic E-state index is 11.0. The Morgan fingerprint density at radius 1 is 1.07 bits per heavy atom. The van der Waals surface area contributed by atoms with Gasteiger partial charge in [-0.05, 0) is 13.3 Å². The van der Waals surface area contributed by atoms with Gasteiger partial charge in [0.25, 0.3) is 0 Å². The fourth-order valence-corrected chi connectivity index (χ4v) is 1.44. The molecule has 0 fully saturated rings. The maximum atomic E-state index is 11.0. The first-order valence-corrected chi connectivity index (χ1v) is 5.82. The molecule has 0 heterocycles. The van der Waals surface area contributed by atoms with Crippen molar-refractivity contribution >= 4 is 12.1 Å². The fourth-order valence-electron chi connectivity index (χ4n) is 1.44. The fraction of sp³-hybridized carbons (Fsp3) is 0.833. The summed E-state index contributed by atoms with van der Waals surface area (Å²) in [5, 5.41) is 0. The van der Waals surface area contributed by atoms with E-state index >= 15 is 0 Å². The summed E-state index contributed by atoms with van der Waals surface area (Å²) in [6.07, 6.45) is 10.9. The molecule has 0 aliphatic carbocycles. The molecule has 2 heteroatoms. The number of hydrogen-bond donors (Lipinski definition) is 0. The standard InChI is InChI=1S/C12H23NO/c1-3-5-6-7-8-9-10-11-12(14)13-4-2/h4H,3,5-11H2,1-2H3. The molecule has 0 N–H and O–H groups in total. The zero-order valence-electron chi connectivity index (χ0n) is 9.59. The first-order chi connectivity index (χ1) is 6.81. The molecule has 0 aromatic carbocycles. The van der Waals surface area contributed by atoms with Crippen LogP contribution in [0.1, 0.15) is 65.2 Å². The third kappa shape index (κ3) is 9.43. The van der Waals surface area contributed by atoms with Crippen molar-refractivity contribution in [2.24, 2.45) is 4.99 Å². The molecular weight excluding hydrogens is 174 g/mol. The van der Waals surface area contributed by atoms with Crippen molar-refractivity contribution in [2.45, 2.75) is 65.2 Å². The molecular formula is C12H23NO. The van der Waals surface area contributed by atoms with Crippen LogP contribution in [-0.4, -0.2) is 12.1 Å². The quantitative estimate of drug-likeness (QED) is 0.430. The molecule has 2 nitrogen and oxygen atoms in total. The van der Waals surface area contributed by atoms with E-state index in [9.17, 15) is 4.79 Å². The molecule has 0 saturated heterocycles. The number of unbranched alkanes of at least 4 members (excludes halogenated alkanes) is 6. The third-order valence-corrected chi connectivity index (χ3v) is 2.27. The number of nitrogens with zero attached hydrogens (tertiary/aromatic N) is 1. The van der Waals surface area contributed by atoms with Crippen LogP contribution in [0.5, 0.6) is 0 Å². The first kappa shape index (κ1) is 13.3. The Morgan fingerprint density at radius 3 is 2.21 bits per heavy atom. The Balaban J connectivity index is 3.09. The lowest BCUT2D eigenvalue weighted by atomic mass is 10.1. The van der Waals surface area contributed by atoms with Crippen LogP contribution in [0.15, 0.2) is 4.99 Å². The smallest absolute Gasteiger partial charge is 0.245 e. The Morgan fingerprint density at radius 2 is 1.64 bits per heavy atom. The highest BCUT2D eigenvalue weighted by atomic mass is 16.1. The number of aliphatic imine (C=N–C) groups is 1. The van der Waals surface area contributed by atoms with Crippen LogP contribution in [0, 0.1) is 0 Å². The monoisotopic (exact) mass is 197 g/mol. The molecule has 1 amide bonds. The SMILES string of the molecule is CC=NC(=O)CCCCCCCCC. The molecule has 0 rings (SSSR count). The van der Waals surface area contributed by atoms with Crippen LogP contribution in [0.2, 0.25) is 0 Å². The highest BCUT2D eigenvalue weighted by Gasteiger charge is 1.96. The van der Waals surface area contributed by atoms with E-state index in [0.717, 1.165) is 6.42 Å². The Hall–Kier alpha value is -0.660. The molecule has 0 unspecified atom stereocenters. The summed E-state index contributed by atoms with van der Waals surface area (Å²) in [6, 6.07) is 0. The van der Waals surface area contributed by atoms with Crippen molar-refractivity contribution in [1.29, 1.82) is 0 Å². The van der Waals surface area contributed by atoms with Crippen LogP contribution in [-0.2, 0) is 4.79 Å². The summed E-state index contributed by atoms with van der Waals surface area (Å²) in [6.45, 7) is 4.00. The topological polar surface area (TPSA) is 29.4 Å². The van der Waals surface area contributed by atoms with Gasteiger partial charge in [0.2, 0.25) is 5.91 Å². The second-order valence-corrected chi connectivity index (χ2v) is 3.65. The predicted octanol–water partition coefficient (Wildman–Crippen LogP) is 3.74. The predicted molar refractivity (Wildman–Crippen MR) is 61.8 cm³/mol. The number of rotatable bonds is 8. The molecule has 0 aliphatic heterocycles. The molecule has 0 radical (unpaired) electrons. The highest BCUT2D eigenvalue weighted by Crippen LogP contribution is 2.08. The van der Waals surface area contributed by atoms with Gasteiger partial charge in [0.15, 0.2) is 0 Å². The van der Waals surface area contributed by atoms with Gasteiger partial charge in [0, 0.05) is 12.6 Å².